The van der Waals surface area contributed by atoms with Crippen LogP contribution in [0.3, 0.4) is 0 Å². The Balaban J connectivity index is 0.000000149. The monoisotopic (exact) mass is 212 g/mol. The molecule has 4 nitrogen and oxygen atoms in total. The number of nitrogens with one attached hydrogen (secondary N) is 1. The summed E-state index contributed by atoms with van der Waals surface area (Å²) < 4.78 is 0. The minimum absolute atomic E-state index is 1.18. The highest BCUT2D eigenvalue weighted by atomic mass is 16.4. The van der Waals surface area contributed by atoms with Gasteiger partial charge >= 0.3 is 6.09 Å². The molecule has 4 bridgehead atoms. The molecule has 0 spiro atoms. The van der Waals surface area contributed by atoms with Crippen molar-refractivity contribution in [3.05, 3.63) is 0 Å². The molecule has 86 valence electrons. The summed E-state index contributed by atoms with van der Waals surface area (Å²) in [6.45, 7) is 0. The molecule has 4 aliphatic rings. The molecule has 4 N–H and O–H groups in total. The molecule has 4 aliphatic carbocycles. The lowest BCUT2D eigenvalue weighted by atomic mass is 9.56. The summed E-state index contributed by atoms with van der Waals surface area (Å²) in [5.41, 5.74) is 1.44. The van der Waals surface area contributed by atoms with E-state index in [1.54, 1.807) is 38.5 Å². The third kappa shape index (κ3) is 2.62. The molecule has 4 rings (SSSR count). The first kappa shape index (κ1) is 10.7. The predicted octanol–water partition coefficient (Wildman–Crippen LogP) is 1.96. The Labute approximate surface area is 90.2 Å². The van der Waals surface area contributed by atoms with Gasteiger partial charge in [0.15, 0.2) is 0 Å². The lowest BCUT2D eigenvalue weighted by Crippen LogP contribution is -2.38. The van der Waals surface area contributed by atoms with Crippen LogP contribution in [0.4, 0.5) is 4.79 Å². The molecule has 0 aromatic carbocycles. The van der Waals surface area contributed by atoms with Gasteiger partial charge in [-0.3, -0.25) is 5.43 Å². The van der Waals surface area contributed by atoms with Gasteiger partial charge in [-0.1, -0.05) is 0 Å². The molecule has 4 fully saturated rings. The van der Waals surface area contributed by atoms with Crippen molar-refractivity contribution in [3.63, 3.8) is 0 Å². The normalized spacial score (nSPS) is 40.6. The predicted molar refractivity (Wildman–Crippen MR) is 57.0 cm³/mol. The number of amides is 1. The Morgan fingerprint density at radius 3 is 1.27 bits per heavy atom. The van der Waals surface area contributed by atoms with Crippen LogP contribution in [0, 0.1) is 23.7 Å². The number of nitrogens with two attached hydrogens (primary N) is 1. The van der Waals surface area contributed by atoms with Crippen LogP contribution in [0.5, 0.6) is 0 Å². The minimum Gasteiger partial charge on any atom is -0.464 e. The van der Waals surface area contributed by atoms with E-state index in [1.165, 1.54) is 29.1 Å². The SMILES string of the molecule is C1C2CC3CC1CC(C2)C3.NNC(=O)O. The topological polar surface area (TPSA) is 75.3 Å². The summed E-state index contributed by atoms with van der Waals surface area (Å²) in [7, 11) is 0. The van der Waals surface area contributed by atoms with Gasteiger partial charge in [0.2, 0.25) is 0 Å². The summed E-state index contributed by atoms with van der Waals surface area (Å²) in [4.78, 5) is 9.13. The lowest BCUT2D eigenvalue weighted by Gasteiger charge is -2.49. The van der Waals surface area contributed by atoms with E-state index < -0.39 is 6.09 Å². The zero-order valence-corrected chi connectivity index (χ0v) is 8.98. The van der Waals surface area contributed by atoms with Crippen molar-refractivity contribution in [1.29, 1.82) is 0 Å². The van der Waals surface area contributed by atoms with Crippen LogP contribution in [-0.2, 0) is 0 Å². The molecule has 0 aromatic heterocycles. The van der Waals surface area contributed by atoms with E-state index in [9.17, 15) is 0 Å². The molecule has 1 amide bonds. The largest absolute Gasteiger partial charge is 0.464 e. The van der Waals surface area contributed by atoms with Crippen molar-refractivity contribution in [1.82, 2.24) is 5.43 Å². The fourth-order valence-electron chi connectivity index (χ4n) is 3.98. The number of carbonyl (C=O) groups is 1. The van der Waals surface area contributed by atoms with Gasteiger partial charge in [-0.15, -0.1) is 0 Å². The van der Waals surface area contributed by atoms with Crippen molar-refractivity contribution in [2.75, 3.05) is 0 Å². The minimum atomic E-state index is -1.22. The fraction of sp³-hybridized carbons (Fsp3) is 0.909. The van der Waals surface area contributed by atoms with Crippen molar-refractivity contribution >= 4 is 6.09 Å². The zero-order valence-electron chi connectivity index (χ0n) is 8.98. The van der Waals surface area contributed by atoms with Crippen molar-refractivity contribution < 1.29 is 9.90 Å². The number of carboxylic acid groups (broad SMARTS) is 1. The Hall–Kier alpha value is -0.770. The van der Waals surface area contributed by atoms with Crippen molar-refractivity contribution in [2.45, 2.75) is 38.5 Å². The first-order valence-electron chi connectivity index (χ1n) is 5.87. The quantitative estimate of drug-likeness (QED) is 0.326. The van der Waals surface area contributed by atoms with Gasteiger partial charge in [-0.2, -0.15) is 0 Å². The number of rotatable bonds is 0. The lowest BCUT2D eigenvalue weighted by molar-refractivity contribution is 0.0198. The second kappa shape index (κ2) is 4.39. The Kier molecular flexibility index (Phi) is 3.14. The average Bonchev–Trinajstić information content (AvgIpc) is 2.16. The molecule has 0 radical (unpaired) electrons. The van der Waals surface area contributed by atoms with E-state index in [0.29, 0.717) is 0 Å². The van der Waals surface area contributed by atoms with E-state index in [0.717, 1.165) is 0 Å². The van der Waals surface area contributed by atoms with Crippen LogP contribution in [0.1, 0.15) is 38.5 Å². The molecule has 0 unspecified atom stereocenters. The third-order valence-corrected chi connectivity index (χ3v) is 4.12. The molecule has 15 heavy (non-hydrogen) atoms. The molecule has 4 saturated carbocycles. The van der Waals surface area contributed by atoms with Crippen molar-refractivity contribution in [3.8, 4) is 0 Å². The Morgan fingerprint density at radius 2 is 1.13 bits per heavy atom. The number of hydrogen-bond donors (Lipinski definition) is 3. The van der Waals surface area contributed by atoms with Crippen LogP contribution in [-0.4, -0.2) is 11.2 Å². The first-order chi connectivity index (χ1) is 7.17. The molecule has 0 aromatic rings. The highest BCUT2D eigenvalue weighted by molar-refractivity contribution is 5.63. The summed E-state index contributed by atoms with van der Waals surface area (Å²) in [5.74, 6) is 9.03. The Bertz CT molecular complexity index is 186. The first-order valence-corrected chi connectivity index (χ1v) is 5.87. The van der Waals surface area contributed by atoms with E-state index in [-0.39, 0.29) is 0 Å². The second-order valence-electron chi connectivity index (χ2n) is 5.33. The Morgan fingerprint density at radius 1 is 0.933 bits per heavy atom. The van der Waals surface area contributed by atoms with Gasteiger partial charge < -0.3 is 5.11 Å². The maximum Gasteiger partial charge on any atom is 0.418 e. The maximum absolute atomic E-state index is 9.13. The van der Waals surface area contributed by atoms with Gasteiger partial charge in [0.05, 0.1) is 0 Å². The molecule has 0 saturated heterocycles. The third-order valence-electron chi connectivity index (χ3n) is 4.12. The zero-order chi connectivity index (χ0) is 10.8. The van der Waals surface area contributed by atoms with Crippen LogP contribution in [0.2, 0.25) is 0 Å². The molecule has 0 heterocycles. The molecular weight excluding hydrogens is 192 g/mol. The van der Waals surface area contributed by atoms with Gasteiger partial charge in [-0.25, -0.2) is 10.6 Å². The molecule has 0 atom stereocenters. The molecule has 0 aliphatic heterocycles. The summed E-state index contributed by atoms with van der Waals surface area (Å²) in [5, 5.41) is 7.49. The van der Waals surface area contributed by atoms with Crippen molar-refractivity contribution in [2.24, 2.45) is 29.5 Å². The average molecular weight is 212 g/mol. The van der Waals surface area contributed by atoms with E-state index >= 15 is 0 Å². The van der Waals surface area contributed by atoms with Crippen LogP contribution in [0.15, 0.2) is 0 Å². The molecule has 4 heteroatoms. The maximum atomic E-state index is 9.13. The highest BCUT2D eigenvalue weighted by Gasteiger charge is 2.41. The van der Waals surface area contributed by atoms with Crippen LogP contribution >= 0.6 is 0 Å². The summed E-state index contributed by atoms with van der Waals surface area (Å²) >= 11 is 0. The summed E-state index contributed by atoms with van der Waals surface area (Å²) in [6.07, 6.45) is 8.41. The smallest absolute Gasteiger partial charge is 0.418 e. The van der Waals surface area contributed by atoms with E-state index in [2.05, 4.69) is 5.84 Å². The van der Waals surface area contributed by atoms with Crippen LogP contribution in [0.25, 0.3) is 0 Å². The fourth-order valence-corrected chi connectivity index (χ4v) is 3.98. The van der Waals surface area contributed by atoms with Gasteiger partial charge in [0.1, 0.15) is 0 Å². The standard InChI is InChI=1S/C10H16.CH4N2O2/c1-7-2-9-4-8(1)5-10(3-7)6-9;2-3-1(4)5/h7-10H,1-6H2;3H,2H2,(H,4,5). The highest BCUT2D eigenvalue weighted by Crippen LogP contribution is 2.53. The number of hydrogen-bond acceptors (Lipinski definition) is 2. The van der Waals surface area contributed by atoms with E-state index in [1.807, 2.05) is 0 Å². The second-order valence-corrected chi connectivity index (χ2v) is 5.33. The van der Waals surface area contributed by atoms with E-state index in [4.69, 9.17) is 9.90 Å². The molecular formula is C11H20N2O2. The van der Waals surface area contributed by atoms with Gasteiger partial charge in [-0.05, 0) is 62.2 Å². The van der Waals surface area contributed by atoms with Gasteiger partial charge in [0, 0.05) is 0 Å². The van der Waals surface area contributed by atoms with Gasteiger partial charge in [0.25, 0.3) is 0 Å². The summed E-state index contributed by atoms with van der Waals surface area (Å²) in [6, 6.07) is 0. The van der Waals surface area contributed by atoms with Crippen LogP contribution < -0.4 is 11.3 Å². The number of hydrazine groups is 1.